The monoisotopic (exact) mass is 209 g/mol. The number of nitrogens with two attached hydrogens (primary N) is 1. The van der Waals surface area contributed by atoms with Gasteiger partial charge in [-0.3, -0.25) is 14.9 Å². The van der Waals surface area contributed by atoms with Gasteiger partial charge in [0.15, 0.2) is 0 Å². The summed E-state index contributed by atoms with van der Waals surface area (Å²) in [5.74, 6) is 4.63. The number of nitro benzene ring substituents is 1. The number of hydrogen-bond acceptors (Lipinski definition) is 5. The predicted molar refractivity (Wildman–Crippen MR) is 50.2 cm³/mol. The predicted octanol–water partition coefficient (Wildman–Crippen LogP) is 0.342. The highest BCUT2D eigenvalue weighted by atomic mass is 16.6. The molecule has 0 spiro atoms. The van der Waals surface area contributed by atoms with E-state index in [9.17, 15) is 14.9 Å². The Morgan fingerprint density at radius 3 is 2.87 bits per heavy atom. The molecule has 2 rings (SSSR count). The Balaban J connectivity index is 2.55. The highest BCUT2D eigenvalue weighted by molar-refractivity contribution is 5.99. The van der Waals surface area contributed by atoms with E-state index in [2.05, 4.69) is 10.2 Å². The molecular formula is C8H7N3O4. The van der Waals surface area contributed by atoms with E-state index < -0.39 is 4.92 Å². The van der Waals surface area contributed by atoms with Crippen molar-refractivity contribution in [2.24, 2.45) is 5.90 Å². The topological polar surface area (TPSA) is 107 Å². The third-order valence-corrected chi connectivity index (χ3v) is 2.13. The molecule has 0 radical (unpaired) electrons. The van der Waals surface area contributed by atoms with Gasteiger partial charge in [0.1, 0.15) is 0 Å². The normalized spacial score (nSPS) is 13.3. The number of nitro groups is 1. The first kappa shape index (κ1) is 9.41. The fraction of sp³-hybridized carbons (Fsp3) is 0.125. The van der Waals surface area contributed by atoms with Crippen LogP contribution in [0.15, 0.2) is 12.1 Å². The quantitative estimate of drug-likeness (QED) is 0.539. The number of fused-ring (bicyclic) bond motifs is 1. The lowest BCUT2D eigenvalue weighted by atomic mass is 10.1. The summed E-state index contributed by atoms with van der Waals surface area (Å²) in [4.78, 5) is 25.4. The van der Waals surface area contributed by atoms with Gasteiger partial charge in [-0.05, 0) is 5.56 Å². The Labute approximate surface area is 83.9 Å². The molecule has 0 atom stereocenters. The standard InChI is InChI=1S/C8H7N3O4/c9-15-7-3-5-4(2-8(12)10-5)1-6(7)11(13)14/h1,3H,2,9H2,(H,10,12). The lowest BCUT2D eigenvalue weighted by Gasteiger charge is -2.03. The molecule has 0 fully saturated rings. The van der Waals surface area contributed by atoms with Crippen molar-refractivity contribution in [2.45, 2.75) is 6.42 Å². The van der Waals surface area contributed by atoms with Crippen LogP contribution in [0.3, 0.4) is 0 Å². The van der Waals surface area contributed by atoms with E-state index in [1.54, 1.807) is 0 Å². The van der Waals surface area contributed by atoms with Gasteiger partial charge in [0.05, 0.1) is 11.3 Å². The summed E-state index contributed by atoms with van der Waals surface area (Å²) in [6.45, 7) is 0. The number of hydrogen-bond donors (Lipinski definition) is 2. The zero-order valence-electron chi connectivity index (χ0n) is 7.52. The van der Waals surface area contributed by atoms with E-state index in [4.69, 9.17) is 5.90 Å². The van der Waals surface area contributed by atoms with Crippen molar-refractivity contribution in [1.82, 2.24) is 0 Å². The molecule has 0 saturated heterocycles. The van der Waals surface area contributed by atoms with Gasteiger partial charge < -0.3 is 10.2 Å². The first-order valence-electron chi connectivity index (χ1n) is 4.09. The number of carbonyl (C=O) groups is 1. The Hall–Kier alpha value is -2.15. The van der Waals surface area contributed by atoms with Gasteiger partial charge in [0.25, 0.3) is 0 Å². The first-order chi connectivity index (χ1) is 7.11. The minimum atomic E-state index is -0.606. The third-order valence-electron chi connectivity index (χ3n) is 2.13. The molecule has 1 aromatic carbocycles. The van der Waals surface area contributed by atoms with E-state index in [0.717, 1.165) is 0 Å². The van der Waals surface area contributed by atoms with Gasteiger partial charge in [-0.15, -0.1) is 0 Å². The summed E-state index contributed by atoms with van der Waals surface area (Å²) < 4.78 is 0. The number of anilines is 1. The van der Waals surface area contributed by atoms with Crippen LogP contribution >= 0.6 is 0 Å². The fourth-order valence-corrected chi connectivity index (χ4v) is 1.48. The summed E-state index contributed by atoms with van der Waals surface area (Å²) in [7, 11) is 0. The molecule has 0 saturated carbocycles. The molecule has 0 bridgehead atoms. The van der Waals surface area contributed by atoms with Crippen LogP contribution in [-0.2, 0) is 11.2 Å². The Kier molecular flexibility index (Phi) is 2.01. The molecule has 7 heteroatoms. The Bertz CT molecular complexity index is 457. The van der Waals surface area contributed by atoms with Crippen molar-refractivity contribution >= 4 is 17.3 Å². The van der Waals surface area contributed by atoms with Crippen LogP contribution in [0.2, 0.25) is 0 Å². The smallest absolute Gasteiger partial charge is 0.313 e. The van der Waals surface area contributed by atoms with Crippen LogP contribution in [-0.4, -0.2) is 10.8 Å². The molecule has 1 aliphatic rings. The maximum atomic E-state index is 11.0. The molecule has 7 nitrogen and oxygen atoms in total. The van der Waals surface area contributed by atoms with Crippen LogP contribution in [0.1, 0.15) is 5.56 Å². The molecule has 1 aliphatic heterocycles. The number of benzene rings is 1. The average molecular weight is 209 g/mol. The summed E-state index contributed by atoms with van der Waals surface area (Å²) >= 11 is 0. The molecular weight excluding hydrogens is 202 g/mol. The van der Waals surface area contributed by atoms with Crippen LogP contribution in [0.5, 0.6) is 5.75 Å². The van der Waals surface area contributed by atoms with Gasteiger partial charge in [0.2, 0.25) is 11.7 Å². The van der Waals surface area contributed by atoms with Crippen molar-refractivity contribution in [3.8, 4) is 5.75 Å². The molecule has 0 unspecified atom stereocenters. The minimum absolute atomic E-state index is 0.0686. The SMILES string of the molecule is NOc1cc2c(cc1[N+](=O)[O-])CC(=O)N2. The van der Waals surface area contributed by atoms with Gasteiger partial charge in [-0.25, -0.2) is 0 Å². The van der Waals surface area contributed by atoms with Gasteiger partial charge in [0, 0.05) is 17.8 Å². The van der Waals surface area contributed by atoms with E-state index >= 15 is 0 Å². The highest BCUT2D eigenvalue weighted by Gasteiger charge is 2.25. The number of nitrogens with zero attached hydrogens (tertiary/aromatic N) is 1. The largest absolute Gasteiger partial charge is 0.404 e. The summed E-state index contributed by atoms with van der Waals surface area (Å²) in [6, 6.07) is 2.63. The molecule has 0 aliphatic carbocycles. The maximum absolute atomic E-state index is 11.0. The number of amides is 1. The second-order valence-electron chi connectivity index (χ2n) is 3.08. The summed E-state index contributed by atoms with van der Waals surface area (Å²) in [5, 5.41) is 13.2. The van der Waals surface area contributed by atoms with E-state index in [1.165, 1.54) is 12.1 Å². The molecule has 1 aromatic rings. The lowest BCUT2D eigenvalue weighted by molar-refractivity contribution is -0.385. The van der Waals surface area contributed by atoms with Crippen molar-refractivity contribution < 1.29 is 14.6 Å². The van der Waals surface area contributed by atoms with E-state index in [1.807, 2.05) is 0 Å². The number of nitrogens with one attached hydrogen (secondary N) is 1. The fourth-order valence-electron chi connectivity index (χ4n) is 1.48. The van der Waals surface area contributed by atoms with Crippen molar-refractivity contribution in [3.63, 3.8) is 0 Å². The molecule has 78 valence electrons. The average Bonchev–Trinajstić information content (AvgIpc) is 2.54. The zero-order valence-corrected chi connectivity index (χ0v) is 7.52. The van der Waals surface area contributed by atoms with E-state index in [-0.39, 0.29) is 23.8 Å². The van der Waals surface area contributed by atoms with Crippen molar-refractivity contribution in [1.29, 1.82) is 0 Å². The number of rotatable bonds is 2. The van der Waals surface area contributed by atoms with Crippen molar-refractivity contribution in [2.75, 3.05) is 5.32 Å². The first-order valence-corrected chi connectivity index (χ1v) is 4.09. The number of carbonyl (C=O) groups excluding carboxylic acids is 1. The van der Waals surface area contributed by atoms with Crippen LogP contribution in [0.4, 0.5) is 11.4 Å². The third kappa shape index (κ3) is 1.48. The van der Waals surface area contributed by atoms with E-state index in [0.29, 0.717) is 11.3 Å². The summed E-state index contributed by atoms with van der Waals surface area (Å²) in [6.07, 6.45) is 0.140. The Morgan fingerprint density at radius 1 is 1.53 bits per heavy atom. The second-order valence-corrected chi connectivity index (χ2v) is 3.08. The molecule has 15 heavy (non-hydrogen) atoms. The molecule has 1 amide bonds. The molecule has 0 aromatic heterocycles. The van der Waals surface area contributed by atoms with Gasteiger partial charge in [-0.2, -0.15) is 5.90 Å². The van der Waals surface area contributed by atoms with Crippen LogP contribution in [0.25, 0.3) is 0 Å². The molecule has 1 heterocycles. The highest BCUT2D eigenvalue weighted by Crippen LogP contribution is 2.35. The second kappa shape index (κ2) is 3.21. The van der Waals surface area contributed by atoms with Gasteiger partial charge >= 0.3 is 5.69 Å². The van der Waals surface area contributed by atoms with Gasteiger partial charge in [-0.1, -0.05) is 0 Å². The van der Waals surface area contributed by atoms with Crippen LogP contribution in [0, 0.1) is 10.1 Å². The lowest BCUT2D eigenvalue weighted by Crippen LogP contribution is -2.05. The minimum Gasteiger partial charge on any atom is -0.404 e. The zero-order chi connectivity index (χ0) is 11.0. The maximum Gasteiger partial charge on any atom is 0.313 e. The van der Waals surface area contributed by atoms with Crippen LogP contribution < -0.4 is 16.1 Å². The summed E-state index contributed by atoms with van der Waals surface area (Å²) in [5.41, 5.74) is 0.839. The van der Waals surface area contributed by atoms with Crippen molar-refractivity contribution in [3.05, 3.63) is 27.8 Å². The Morgan fingerprint density at radius 2 is 2.27 bits per heavy atom. The molecule has 3 N–H and O–H groups in total.